The lowest BCUT2D eigenvalue weighted by Gasteiger charge is -2.15. The first-order valence-corrected chi connectivity index (χ1v) is 4.66. The van der Waals surface area contributed by atoms with Crippen LogP contribution in [-0.2, 0) is 9.53 Å². The highest BCUT2D eigenvalue weighted by Gasteiger charge is 2.52. The van der Waals surface area contributed by atoms with Gasteiger partial charge < -0.3 is 15.4 Å². The van der Waals surface area contributed by atoms with Crippen molar-refractivity contribution in [2.45, 2.75) is 32.3 Å². The number of carbonyl (C=O) groups excluding carboxylic acids is 1. The van der Waals surface area contributed by atoms with E-state index in [1.165, 1.54) is 6.92 Å². The SMILES string of the molecule is CCOC(=O)C(=[N+]=[N-])C(C)(O)C1CC1. The zero-order chi connectivity index (χ0) is 10.8. The Kier molecular flexibility index (Phi) is 3.03. The van der Waals surface area contributed by atoms with Crippen LogP contribution in [0, 0.1) is 5.92 Å². The van der Waals surface area contributed by atoms with Crippen molar-refractivity contribution in [3.8, 4) is 0 Å². The molecule has 0 bridgehead atoms. The fraction of sp³-hybridized carbons (Fsp3) is 0.778. The van der Waals surface area contributed by atoms with Crippen molar-refractivity contribution in [3.05, 3.63) is 5.53 Å². The number of esters is 1. The van der Waals surface area contributed by atoms with E-state index in [0.717, 1.165) is 12.8 Å². The van der Waals surface area contributed by atoms with Crippen LogP contribution in [-0.4, -0.2) is 33.8 Å². The third-order valence-electron chi connectivity index (χ3n) is 2.42. The lowest BCUT2D eigenvalue weighted by Crippen LogP contribution is -2.44. The summed E-state index contributed by atoms with van der Waals surface area (Å²) in [6, 6.07) is 0. The first-order valence-electron chi connectivity index (χ1n) is 4.66. The molecule has 1 unspecified atom stereocenters. The van der Waals surface area contributed by atoms with Crippen molar-refractivity contribution in [2.75, 3.05) is 6.61 Å². The van der Waals surface area contributed by atoms with Crippen LogP contribution in [0.15, 0.2) is 0 Å². The van der Waals surface area contributed by atoms with E-state index in [2.05, 4.69) is 9.53 Å². The van der Waals surface area contributed by atoms with Crippen LogP contribution in [0.3, 0.4) is 0 Å². The Bertz CT molecular complexity index is 288. The second-order valence-electron chi connectivity index (χ2n) is 3.59. The molecule has 0 heterocycles. The normalized spacial score (nSPS) is 19.4. The lowest BCUT2D eigenvalue weighted by molar-refractivity contribution is -0.143. The first kappa shape index (κ1) is 10.9. The number of ether oxygens (including phenoxy) is 1. The van der Waals surface area contributed by atoms with Gasteiger partial charge in [-0.25, -0.2) is 4.79 Å². The van der Waals surface area contributed by atoms with Gasteiger partial charge in [-0.15, -0.1) is 0 Å². The molecule has 0 aromatic rings. The van der Waals surface area contributed by atoms with Crippen LogP contribution in [0.4, 0.5) is 0 Å². The van der Waals surface area contributed by atoms with E-state index < -0.39 is 11.6 Å². The molecule has 0 aromatic heterocycles. The molecule has 5 nitrogen and oxygen atoms in total. The summed E-state index contributed by atoms with van der Waals surface area (Å²) in [6.45, 7) is 3.31. The average Bonchev–Trinajstić information content (AvgIpc) is 2.86. The number of rotatable bonds is 4. The molecule has 0 aliphatic heterocycles. The molecule has 0 amide bonds. The molecule has 1 N–H and O–H groups in total. The fourth-order valence-electron chi connectivity index (χ4n) is 1.39. The van der Waals surface area contributed by atoms with Crippen molar-refractivity contribution >= 4 is 11.7 Å². The third kappa shape index (κ3) is 2.00. The second-order valence-corrected chi connectivity index (χ2v) is 3.59. The van der Waals surface area contributed by atoms with E-state index >= 15 is 0 Å². The Balaban J connectivity index is 2.81. The Hall–Kier alpha value is -1.19. The maximum absolute atomic E-state index is 11.3. The molecule has 1 aliphatic rings. The van der Waals surface area contributed by atoms with Gasteiger partial charge in [0.15, 0.2) is 5.60 Å². The van der Waals surface area contributed by atoms with Crippen LogP contribution < -0.4 is 0 Å². The van der Waals surface area contributed by atoms with Gasteiger partial charge in [0.2, 0.25) is 0 Å². The highest BCUT2D eigenvalue weighted by molar-refractivity contribution is 6.37. The summed E-state index contributed by atoms with van der Waals surface area (Å²) in [5.74, 6) is -0.760. The molecular formula is C9H14N2O3. The highest BCUT2D eigenvalue weighted by atomic mass is 16.5. The molecule has 14 heavy (non-hydrogen) atoms. The van der Waals surface area contributed by atoms with E-state index in [1.807, 2.05) is 0 Å². The van der Waals surface area contributed by atoms with Crippen molar-refractivity contribution in [3.63, 3.8) is 0 Å². The van der Waals surface area contributed by atoms with Crippen molar-refractivity contribution < 1.29 is 19.4 Å². The van der Waals surface area contributed by atoms with Crippen molar-refractivity contribution in [1.29, 1.82) is 0 Å². The number of nitrogens with zero attached hydrogens (tertiary/aromatic N) is 2. The molecule has 1 atom stereocenters. The van der Waals surface area contributed by atoms with Gasteiger partial charge in [-0.3, -0.25) is 0 Å². The number of hydrogen-bond acceptors (Lipinski definition) is 3. The maximum atomic E-state index is 11.3. The summed E-state index contributed by atoms with van der Waals surface area (Å²) < 4.78 is 4.67. The quantitative estimate of drug-likeness (QED) is 0.307. The van der Waals surface area contributed by atoms with Crippen LogP contribution in [0.5, 0.6) is 0 Å². The molecule has 1 saturated carbocycles. The minimum atomic E-state index is -1.37. The van der Waals surface area contributed by atoms with E-state index in [9.17, 15) is 9.90 Å². The molecule has 1 aliphatic carbocycles. The summed E-state index contributed by atoms with van der Waals surface area (Å²) in [4.78, 5) is 14.1. The van der Waals surface area contributed by atoms with Gasteiger partial charge in [-0.2, -0.15) is 4.79 Å². The zero-order valence-corrected chi connectivity index (χ0v) is 8.36. The van der Waals surface area contributed by atoms with Crippen molar-refractivity contribution in [2.24, 2.45) is 5.92 Å². The standard InChI is InChI=1S/C9H14N2O3/c1-3-14-8(12)7(11-10)9(2,13)6-4-5-6/h6,13H,3-5H2,1-2H3. The molecule has 5 heteroatoms. The molecule has 0 saturated heterocycles. The molecule has 0 aromatic carbocycles. The van der Waals surface area contributed by atoms with Crippen molar-refractivity contribution in [1.82, 2.24) is 0 Å². The monoisotopic (exact) mass is 198 g/mol. The minimum Gasteiger partial charge on any atom is -0.457 e. The smallest absolute Gasteiger partial charge is 0.420 e. The molecule has 0 spiro atoms. The Labute approximate surface area is 82.3 Å². The van der Waals surface area contributed by atoms with E-state index in [0.29, 0.717) is 0 Å². The van der Waals surface area contributed by atoms with Crippen LogP contribution in [0.1, 0.15) is 26.7 Å². The van der Waals surface area contributed by atoms with Gasteiger partial charge in [0.25, 0.3) is 0 Å². The van der Waals surface area contributed by atoms with Gasteiger partial charge in [-0.1, -0.05) is 0 Å². The second kappa shape index (κ2) is 3.90. The van der Waals surface area contributed by atoms with Crippen LogP contribution >= 0.6 is 0 Å². The largest absolute Gasteiger partial charge is 0.457 e. The molecule has 78 valence electrons. The summed E-state index contributed by atoms with van der Waals surface area (Å²) in [5, 5.41) is 9.92. The molecule has 1 rings (SSSR count). The summed E-state index contributed by atoms with van der Waals surface area (Å²) >= 11 is 0. The van der Waals surface area contributed by atoms with E-state index in [4.69, 9.17) is 5.53 Å². The summed E-state index contributed by atoms with van der Waals surface area (Å²) in [5.41, 5.74) is 6.98. The molecule has 0 radical (unpaired) electrons. The van der Waals surface area contributed by atoms with Crippen LogP contribution in [0.2, 0.25) is 0 Å². The van der Waals surface area contributed by atoms with E-state index in [-0.39, 0.29) is 18.2 Å². The minimum absolute atomic E-state index is 0.00203. The van der Waals surface area contributed by atoms with Gasteiger partial charge in [0.1, 0.15) is 0 Å². The summed E-state index contributed by atoms with van der Waals surface area (Å²) in [6.07, 6.45) is 1.68. The van der Waals surface area contributed by atoms with Gasteiger partial charge in [0, 0.05) is 0 Å². The third-order valence-corrected chi connectivity index (χ3v) is 2.42. The highest BCUT2D eigenvalue weighted by Crippen LogP contribution is 2.40. The van der Waals surface area contributed by atoms with Crippen LogP contribution in [0.25, 0.3) is 5.53 Å². The lowest BCUT2D eigenvalue weighted by atomic mass is 9.94. The predicted octanol–water partition coefficient (Wildman–Crippen LogP) is 0.381. The first-order chi connectivity index (χ1) is 6.54. The Morgan fingerprint density at radius 2 is 2.29 bits per heavy atom. The fourth-order valence-corrected chi connectivity index (χ4v) is 1.39. The molecule has 1 fully saturated rings. The number of hydrogen-bond donors (Lipinski definition) is 1. The topological polar surface area (TPSA) is 82.9 Å². The predicted molar refractivity (Wildman–Crippen MR) is 48.6 cm³/mol. The maximum Gasteiger partial charge on any atom is 0.420 e. The van der Waals surface area contributed by atoms with Gasteiger partial charge in [0.05, 0.1) is 6.61 Å². The number of aliphatic hydroxyl groups is 1. The zero-order valence-electron chi connectivity index (χ0n) is 8.36. The summed E-state index contributed by atoms with van der Waals surface area (Å²) in [7, 11) is 0. The Morgan fingerprint density at radius 1 is 1.71 bits per heavy atom. The van der Waals surface area contributed by atoms with Gasteiger partial charge >= 0.3 is 11.7 Å². The van der Waals surface area contributed by atoms with E-state index in [1.54, 1.807) is 6.92 Å². The van der Waals surface area contributed by atoms with Gasteiger partial charge in [-0.05, 0) is 32.6 Å². The average molecular weight is 198 g/mol. The Morgan fingerprint density at radius 3 is 2.64 bits per heavy atom. The molecular weight excluding hydrogens is 184 g/mol. The number of carbonyl (C=O) groups is 1.